The van der Waals surface area contributed by atoms with Gasteiger partial charge < -0.3 is 15.2 Å². The van der Waals surface area contributed by atoms with E-state index in [2.05, 4.69) is 43.0 Å². The summed E-state index contributed by atoms with van der Waals surface area (Å²) < 4.78 is 5.89. The van der Waals surface area contributed by atoms with Gasteiger partial charge in [0, 0.05) is 40.7 Å². The van der Waals surface area contributed by atoms with E-state index in [-0.39, 0.29) is 30.5 Å². The Labute approximate surface area is 294 Å². The predicted molar refractivity (Wildman–Crippen MR) is 196 cm³/mol. The summed E-state index contributed by atoms with van der Waals surface area (Å²) in [6.07, 6.45) is 10.1. The first-order valence-electron chi connectivity index (χ1n) is 17.3. The number of rotatable bonds is 18. The maximum absolute atomic E-state index is 13.3. The molecule has 2 atom stereocenters. The number of hydrogen-bond donors (Lipinski definition) is 2. The van der Waals surface area contributed by atoms with Crippen LogP contribution in [0.3, 0.4) is 0 Å². The molecule has 4 aromatic rings. The van der Waals surface area contributed by atoms with E-state index in [1.54, 1.807) is 19.3 Å². The number of unbranched alkanes of at least 4 members (excludes halogenated alkanes) is 4. The van der Waals surface area contributed by atoms with Crippen molar-refractivity contribution in [1.29, 1.82) is 0 Å². The number of carbonyl (C=O) groups is 3. The molecule has 0 aliphatic heterocycles. The SMILES string of the molecule is CCCCCCCOc1ccc(-c2cnc(-c3ccc(C[C@H](CC(=O)c4ccc(C(C)(C)C)s4)C(=O)N[C@H](CC)C(=O)O)cc3)nc2)cc1. The lowest BCUT2D eigenvalue weighted by molar-refractivity contribution is -0.142. The zero-order valence-corrected chi connectivity index (χ0v) is 30.1. The number of hydrogen-bond acceptors (Lipinski definition) is 7. The Bertz CT molecular complexity index is 1660. The van der Waals surface area contributed by atoms with Crippen LogP contribution in [-0.2, 0) is 21.4 Å². The molecule has 0 unspecified atom stereocenters. The van der Waals surface area contributed by atoms with E-state index in [0.29, 0.717) is 10.7 Å². The quantitative estimate of drug-likeness (QED) is 0.0794. The second-order valence-corrected chi connectivity index (χ2v) is 14.6. The molecule has 0 spiro atoms. The van der Waals surface area contributed by atoms with Crippen LogP contribution in [0, 0.1) is 5.92 Å². The number of aromatic nitrogens is 2. The van der Waals surface area contributed by atoms with Crippen LogP contribution in [0.1, 0.15) is 99.7 Å². The third-order valence-electron chi connectivity index (χ3n) is 8.50. The van der Waals surface area contributed by atoms with Gasteiger partial charge in [0.15, 0.2) is 11.6 Å². The number of nitrogens with one attached hydrogen (secondary N) is 1. The first-order valence-corrected chi connectivity index (χ1v) is 18.1. The van der Waals surface area contributed by atoms with Crippen molar-refractivity contribution >= 4 is 29.0 Å². The Morgan fingerprint density at radius 1 is 0.837 bits per heavy atom. The molecule has 49 heavy (non-hydrogen) atoms. The molecule has 0 aliphatic rings. The van der Waals surface area contributed by atoms with Crippen LogP contribution in [-0.4, -0.2) is 45.4 Å². The molecule has 0 saturated carbocycles. The number of nitrogens with zero attached hydrogens (tertiary/aromatic N) is 2. The molecule has 1 amide bonds. The summed E-state index contributed by atoms with van der Waals surface area (Å²) >= 11 is 1.44. The number of amides is 1. The number of aliphatic carboxylic acids is 1. The first-order chi connectivity index (χ1) is 23.5. The molecule has 8 nitrogen and oxygen atoms in total. The van der Waals surface area contributed by atoms with Gasteiger partial charge in [-0.1, -0.05) is 96.7 Å². The van der Waals surface area contributed by atoms with Crippen molar-refractivity contribution in [2.24, 2.45) is 5.92 Å². The van der Waals surface area contributed by atoms with Gasteiger partial charge in [-0.15, -0.1) is 11.3 Å². The van der Waals surface area contributed by atoms with E-state index in [1.807, 2.05) is 60.7 Å². The van der Waals surface area contributed by atoms with Crippen molar-refractivity contribution in [3.05, 3.63) is 88.4 Å². The van der Waals surface area contributed by atoms with Gasteiger partial charge in [-0.05, 0) is 60.1 Å². The first kappa shape index (κ1) is 37.4. The molecule has 0 saturated heterocycles. The van der Waals surface area contributed by atoms with Crippen molar-refractivity contribution in [3.8, 4) is 28.3 Å². The number of carboxylic acids is 1. The van der Waals surface area contributed by atoms with Gasteiger partial charge in [0.2, 0.25) is 5.91 Å². The van der Waals surface area contributed by atoms with Crippen LogP contribution in [0.4, 0.5) is 0 Å². The minimum Gasteiger partial charge on any atom is -0.494 e. The van der Waals surface area contributed by atoms with E-state index in [0.717, 1.165) is 45.9 Å². The van der Waals surface area contributed by atoms with E-state index in [4.69, 9.17) is 4.74 Å². The molecular formula is C40H49N3O5S. The second kappa shape index (κ2) is 17.9. The molecule has 0 bridgehead atoms. The van der Waals surface area contributed by atoms with Crippen molar-refractivity contribution in [2.45, 2.75) is 97.4 Å². The number of benzene rings is 2. The Morgan fingerprint density at radius 2 is 1.49 bits per heavy atom. The fourth-order valence-electron chi connectivity index (χ4n) is 5.44. The summed E-state index contributed by atoms with van der Waals surface area (Å²) in [6.45, 7) is 10.9. The zero-order chi connectivity index (χ0) is 35.4. The maximum Gasteiger partial charge on any atom is 0.326 e. The van der Waals surface area contributed by atoms with Gasteiger partial charge in [0.25, 0.3) is 0 Å². The number of carbonyl (C=O) groups excluding carboxylic acids is 2. The minimum atomic E-state index is -1.10. The predicted octanol–water partition coefficient (Wildman–Crippen LogP) is 8.93. The average Bonchev–Trinajstić information content (AvgIpc) is 3.61. The Balaban J connectivity index is 1.41. The zero-order valence-electron chi connectivity index (χ0n) is 29.3. The molecule has 9 heteroatoms. The molecule has 4 rings (SSSR count). The number of Topliss-reactive ketones (excluding diaryl/α,β-unsaturated/α-hetero) is 1. The summed E-state index contributed by atoms with van der Waals surface area (Å²) in [4.78, 5) is 49.2. The Kier molecular flexibility index (Phi) is 13.6. The molecule has 2 N–H and O–H groups in total. The molecule has 0 radical (unpaired) electrons. The molecule has 0 aliphatic carbocycles. The van der Waals surface area contributed by atoms with Crippen LogP contribution in [0.25, 0.3) is 22.5 Å². The maximum atomic E-state index is 13.3. The van der Waals surface area contributed by atoms with Gasteiger partial charge in [-0.25, -0.2) is 14.8 Å². The highest BCUT2D eigenvalue weighted by Gasteiger charge is 2.28. The van der Waals surface area contributed by atoms with E-state index >= 15 is 0 Å². The average molecular weight is 684 g/mol. The van der Waals surface area contributed by atoms with Crippen LogP contribution < -0.4 is 10.1 Å². The Morgan fingerprint density at radius 3 is 2.08 bits per heavy atom. The van der Waals surface area contributed by atoms with Crippen molar-refractivity contribution in [2.75, 3.05) is 6.61 Å². The van der Waals surface area contributed by atoms with Crippen LogP contribution in [0.2, 0.25) is 0 Å². The molecule has 0 fully saturated rings. The Hall–Kier alpha value is -4.37. The fraction of sp³-hybridized carbons (Fsp3) is 0.425. The van der Waals surface area contributed by atoms with Gasteiger partial charge in [-0.2, -0.15) is 0 Å². The largest absolute Gasteiger partial charge is 0.494 e. The summed E-state index contributed by atoms with van der Waals surface area (Å²) in [5, 5.41) is 12.2. The van der Waals surface area contributed by atoms with Crippen LogP contribution in [0.5, 0.6) is 5.75 Å². The van der Waals surface area contributed by atoms with Gasteiger partial charge >= 0.3 is 5.97 Å². The standard InChI is InChI=1S/C40H49N3O5S/c1-6-8-9-10-11-22-48-32-18-16-28(17-19-32)31-25-41-37(42-26-31)29-14-12-27(13-15-29)23-30(38(45)43-33(7-2)39(46)47)24-34(44)35-20-21-36(49-35)40(3,4)5/h12-21,25-26,30,33H,6-11,22-24H2,1-5H3,(H,43,45)(H,46,47)/t30-,33-/m1/s1. The normalized spacial score (nSPS) is 12.7. The van der Waals surface area contributed by atoms with Crippen LogP contribution in [0.15, 0.2) is 73.1 Å². The van der Waals surface area contributed by atoms with Gasteiger partial charge in [0.1, 0.15) is 11.8 Å². The number of carboxylic acid groups (broad SMARTS) is 1. The van der Waals surface area contributed by atoms with Crippen LogP contribution >= 0.6 is 11.3 Å². The third kappa shape index (κ3) is 11.1. The molecule has 2 aromatic heterocycles. The summed E-state index contributed by atoms with van der Waals surface area (Å²) in [5.74, 6) is -0.977. The highest BCUT2D eigenvalue weighted by Crippen LogP contribution is 2.31. The molecule has 2 aromatic carbocycles. The molecular weight excluding hydrogens is 635 g/mol. The summed E-state index contributed by atoms with van der Waals surface area (Å²) in [7, 11) is 0. The van der Waals surface area contributed by atoms with Gasteiger partial charge in [0.05, 0.1) is 11.5 Å². The summed E-state index contributed by atoms with van der Waals surface area (Å²) in [5.41, 5.74) is 3.48. The van der Waals surface area contributed by atoms with Crippen molar-refractivity contribution < 1.29 is 24.2 Å². The second-order valence-electron chi connectivity index (χ2n) is 13.5. The number of ketones is 1. The number of thiophene rings is 1. The lowest BCUT2D eigenvalue weighted by Crippen LogP contribution is -2.44. The van der Waals surface area contributed by atoms with E-state index < -0.39 is 23.8 Å². The number of ether oxygens (including phenoxy) is 1. The molecule has 2 heterocycles. The lowest BCUT2D eigenvalue weighted by atomic mass is 9.92. The highest BCUT2D eigenvalue weighted by atomic mass is 32.1. The third-order valence-corrected chi connectivity index (χ3v) is 10.0. The smallest absolute Gasteiger partial charge is 0.326 e. The van der Waals surface area contributed by atoms with Crippen molar-refractivity contribution in [3.63, 3.8) is 0 Å². The summed E-state index contributed by atoms with van der Waals surface area (Å²) in [6, 6.07) is 18.3. The molecule has 260 valence electrons. The van der Waals surface area contributed by atoms with E-state index in [9.17, 15) is 19.5 Å². The topological polar surface area (TPSA) is 118 Å². The van der Waals surface area contributed by atoms with Crippen molar-refractivity contribution in [1.82, 2.24) is 15.3 Å². The van der Waals surface area contributed by atoms with E-state index in [1.165, 1.54) is 37.0 Å². The highest BCUT2D eigenvalue weighted by molar-refractivity contribution is 7.14. The lowest BCUT2D eigenvalue weighted by Gasteiger charge is -2.19. The monoisotopic (exact) mass is 683 g/mol. The minimum absolute atomic E-state index is 0.0234. The van der Waals surface area contributed by atoms with Gasteiger partial charge in [-0.3, -0.25) is 9.59 Å². The fourth-order valence-corrected chi connectivity index (χ4v) is 6.45.